The number of carbonyl (C=O) groups is 1. The quantitative estimate of drug-likeness (QED) is 0.571. The molecule has 0 atom stereocenters. The third-order valence-corrected chi connectivity index (χ3v) is 3.70. The molecule has 0 saturated carbocycles. The molecule has 120 valence electrons. The van der Waals surface area contributed by atoms with Crippen LogP contribution in [0, 0.1) is 0 Å². The van der Waals surface area contributed by atoms with Gasteiger partial charge >= 0.3 is 6.03 Å². The highest BCUT2D eigenvalue weighted by molar-refractivity contribution is 6.12. The summed E-state index contributed by atoms with van der Waals surface area (Å²) in [7, 11) is 0. The predicted molar refractivity (Wildman–Crippen MR) is 98.0 cm³/mol. The van der Waals surface area contributed by atoms with Crippen LogP contribution < -0.4 is 5.32 Å². The van der Waals surface area contributed by atoms with Gasteiger partial charge in [-0.3, -0.25) is 9.97 Å². The van der Waals surface area contributed by atoms with Gasteiger partial charge in [0, 0.05) is 36.3 Å². The summed E-state index contributed by atoms with van der Waals surface area (Å²) in [6, 6.07) is 9.37. The van der Waals surface area contributed by atoms with Crippen molar-refractivity contribution in [3.8, 4) is 0 Å². The molecule has 1 N–H and O–H groups in total. The number of benzene rings is 1. The number of carbonyl (C=O) groups excluding carboxylic acids is 1. The number of hydrogen-bond donors (Lipinski definition) is 1. The van der Waals surface area contributed by atoms with Crippen molar-refractivity contribution in [1.82, 2.24) is 14.9 Å². The Balaban J connectivity index is 2.06. The minimum atomic E-state index is -0.225. The van der Waals surface area contributed by atoms with E-state index in [0.29, 0.717) is 18.8 Å². The number of pyridine rings is 2. The molecule has 0 radical (unpaired) electrons. The SMILES string of the molecule is C=CCN(CC=C)C(=O)Nc1cc2ncccc2c2cccnc12. The maximum atomic E-state index is 12.5. The third kappa shape index (κ3) is 2.96. The lowest BCUT2D eigenvalue weighted by Crippen LogP contribution is -2.35. The number of urea groups is 1. The van der Waals surface area contributed by atoms with Gasteiger partial charge in [0.15, 0.2) is 0 Å². The van der Waals surface area contributed by atoms with Crippen LogP contribution in [0.3, 0.4) is 0 Å². The number of nitrogens with zero attached hydrogens (tertiary/aromatic N) is 3. The first-order chi connectivity index (χ1) is 11.7. The number of nitrogens with one attached hydrogen (secondary N) is 1. The first-order valence-corrected chi connectivity index (χ1v) is 7.64. The summed E-state index contributed by atoms with van der Waals surface area (Å²) >= 11 is 0. The Hall–Kier alpha value is -3.21. The molecule has 0 fully saturated rings. The minimum absolute atomic E-state index is 0.225. The molecule has 24 heavy (non-hydrogen) atoms. The van der Waals surface area contributed by atoms with Crippen molar-refractivity contribution in [2.75, 3.05) is 18.4 Å². The molecule has 0 bridgehead atoms. The maximum absolute atomic E-state index is 12.5. The van der Waals surface area contributed by atoms with Crippen LogP contribution in [-0.2, 0) is 0 Å². The van der Waals surface area contributed by atoms with Gasteiger partial charge in [0.05, 0.1) is 16.7 Å². The first-order valence-electron chi connectivity index (χ1n) is 7.64. The molecule has 3 aromatic rings. The van der Waals surface area contributed by atoms with Crippen LogP contribution in [0.1, 0.15) is 0 Å². The fraction of sp³-hybridized carbons (Fsp3) is 0.105. The number of fused-ring (bicyclic) bond motifs is 3. The molecular weight excluding hydrogens is 300 g/mol. The molecule has 5 heteroatoms. The van der Waals surface area contributed by atoms with E-state index in [1.807, 2.05) is 30.3 Å². The first kappa shape index (κ1) is 15.7. The average molecular weight is 318 g/mol. The number of anilines is 1. The van der Waals surface area contributed by atoms with Crippen molar-refractivity contribution in [3.05, 3.63) is 68.0 Å². The standard InChI is InChI=1S/C19H18N4O/c1-3-11-23(12-4-2)19(24)22-17-13-16-14(7-5-9-20-16)15-8-6-10-21-18(15)17/h3-10,13H,1-2,11-12H2,(H,22,24). The molecule has 0 saturated heterocycles. The van der Waals surface area contributed by atoms with Crippen LogP contribution >= 0.6 is 0 Å². The summed E-state index contributed by atoms with van der Waals surface area (Å²) in [6.45, 7) is 8.25. The van der Waals surface area contributed by atoms with Crippen molar-refractivity contribution in [2.24, 2.45) is 0 Å². The number of rotatable bonds is 5. The smallest absolute Gasteiger partial charge is 0.317 e. The van der Waals surface area contributed by atoms with Gasteiger partial charge in [-0.1, -0.05) is 24.3 Å². The van der Waals surface area contributed by atoms with Crippen LogP contribution in [0.25, 0.3) is 21.8 Å². The van der Waals surface area contributed by atoms with Gasteiger partial charge in [-0.05, 0) is 18.2 Å². The second-order valence-corrected chi connectivity index (χ2v) is 5.31. The van der Waals surface area contributed by atoms with Crippen LogP contribution in [0.15, 0.2) is 68.0 Å². The van der Waals surface area contributed by atoms with Crippen molar-refractivity contribution >= 4 is 33.5 Å². The maximum Gasteiger partial charge on any atom is 0.322 e. The van der Waals surface area contributed by atoms with E-state index in [1.54, 1.807) is 29.4 Å². The summed E-state index contributed by atoms with van der Waals surface area (Å²) < 4.78 is 0. The molecule has 0 spiro atoms. The van der Waals surface area contributed by atoms with Crippen molar-refractivity contribution < 1.29 is 4.79 Å². The van der Waals surface area contributed by atoms with E-state index < -0.39 is 0 Å². The highest BCUT2D eigenvalue weighted by Gasteiger charge is 2.14. The lowest BCUT2D eigenvalue weighted by molar-refractivity contribution is 0.222. The van der Waals surface area contributed by atoms with Gasteiger partial charge in [-0.2, -0.15) is 0 Å². The molecule has 0 unspecified atom stereocenters. The number of amides is 2. The van der Waals surface area contributed by atoms with E-state index in [9.17, 15) is 4.79 Å². The molecule has 2 heterocycles. The highest BCUT2D eigenvalue weighted by atomic mass is 16.2. The van der Waals surface area contributed by atoms with Gasteiger partial charge in [-0.25, -0.2) is 4.79 Å². The highest BCUT2D eigenvalue weighted by Crippen LogP contribution is 2.29. The van der Waals surface area contributed by atoms with E-state index in [2.05, 4.69) is 28.4 Å². The zero-order chi connectivity index (χ0) is 16.9. The van der Waals surface area contributed by atoms with E-state index in [0.717, 1.165) is 21.8 Å². The predicted octanol–water partition coefficient (Wildman–Crippen LogP) is 3.99. The van der Waals surface area contributed by atoms with Crippen molar-refractivity contribution in [3.63, 3.8) is 0 Å². The van der Waals surface area contributed by atoms with E-state index >= 15 is 0 Å². The van der Waals surface area contributed by atoms with E-state index in [1.165, 1.54) is 0 Å². The topological polar surface area (TPSA) is 58.1 Å². The van der Waals surface area contributed by atoms with Gasteiger partial charge in [0.2, 0.25) is 0 Å². The molecule has 5 nitrogen and oxygen atoms in total. The minimum Gasteiger partial charge on any atom is -0.317 e. The van der Waals surface area contributed by atoms with Crippen LogP contribution in [0.4, 0.5) is 10.5 Å². The summed E-state index contributed by atoms with van der Waals surface area (Å²) in [5.41, 5.74) is 2.19. The van der Waals surface area contributed by atoms with Crippen LogP contribution in [0.5, 0.6) is 0 Å². The van der Waals surface area contributed by atoms with E-state index in [-0.39, 0.29) is 6.03 Å². The Morgan fingerprint density at radius 1 is 1.08 bits per heavy atom. The fourth-order valence-corrected chi connectivity index (χ4v) is 2.64. The molecule has 2 amide bonds. The Bertz CT molecular complexity index is 910. The average Bonchev–Trinajstić information content (AvgIpc) is 2.61. The van der Waals surface area contributed by atoms with Crippen molar-refractivity contribution in [2.45, 2.75) is 0 Å². The second kappa shape index (κ2) is 6.91. The Labute approximate surface area is 140 Å². The lowest BCUT2D eigenvalue weighted by Gasteiger charge is -2.20. The monoisotopic (exact) mass is 318 g/mol. The molecule has 2 aromatic heterocycles. The molecule has 1 aromatic carbocycles. The van der Waals surface area contributed by atoms with Gasteiger partial charge in [0.1, 0.15) is 0 Å². The van der Waals surface area contributed by atoms with Gasteiger partial charge in [0.25, 0.3) is 0 Å². The zero-order valence-corrected chi connectivity index (χ0v) is 13.3. The summed E-state index contributed by atoms with van der Waals surface area (Å²) in [6.07, 6.45) is 6.81. The molecule has 0 aliphatic heterocycles. The van der Waals surface area contributed by atoms with Gasteiger partial charge < -0.3 is 10.2 Å². The van der Waals surface area contributed by atoms with Crippen LogP contribution in [-0.4, -0.2) is 34.0 Å². The lowest BCUT2D eigenvalue weighted by atomic mass is 10.1. The number of aromatic nitrogens is 2. The largest absolute Gasteiger partial charge is 0.322 e. The normalized spacial score (nSPS) is 10.5. The fourth-order valence-electron chi connectivity index (χ4n) is 2.64. The summed E-state index contributed by atoms with van der Waals surface area (Å²) in [5, 5.41) is 4.90. The Kier molecular flexibility index (Phi) is 4.52. The summed E-state index contributed by atoms with van der Waals surface area (Å²) in [5.74, 6) is 0. The molecule has 0 aliphatic rings. The second-order valence-electron chi connectivity index (χ2n) is 5.31. The molecule has 0 aliphatic carbocycles. The zero-order valence-electron chi connectivity index (χ0n) is 13.3. The number of hydrogen-bond acceptors (Lipinski definition) is 3. The van der Waals surface area contributed by atoms with Gasteiger partial charge in [-0.15, -0.1) is 13.2 Å². The Morgan fingerprint density at radius 3 is 2.46 bits per heavy atom. The van der Waals surface area contributed by atoms with Crippen molar-refractivity contribution in [1.29, 1.82) is 0 Å². The third-order valence-electron chi connectivity index (χ3n) is 3.70. The summed E-state index contributed by atoms with van der Waals surface area (Å²) in [4.78, 5) is 23.0. The van der Waals surface area contributed by atoms with Crippen LogP contribution in [0.2, 0.25) is 0 Å². The molecular formula is C19H18N4O. The Morgan fingerprint density at radius 2 is 1.75 bits per heavy atom. The molecule has 3 rings (SSSR count). The van der Waals surface area contributed by atoms with E-state index in [4.69, 9.17) is 0 Å².